The number of anilines is 2. The highest BCUT2D eigenvalue weighted by Gasteiger charge is 2.29. The van der Waals surface area contributed by atoms with Gasteiger partial charge in [0.25, 0.3) is 20.3 Å². The first-order valence-corrected chi connectivity index (χ1v) is 11.9. The van der Waals surface area contributed by atoms with E-state index < -0.39 is 22.0 Å². The third-order valence-electron chi connectivity index (χ3n) is 4.35. The zero-order valence-corrected chi connectivity index (χ0v) is 19.3. The molecule has 8 nitrogen and oxygen atoms in total. The van der Waals surface area contributed by atoms with Crippen molar-refractivity contribution in [3.05, 3.63) is 59.7 Å². The van der Waals surface area contributed by atoms with Crippen molar-refractivity contribution in [1.82, 2.24) is 10.2 Å². The number of hydrogen-bond donors (Lipinski definition) is 1. The van der Waals surface area contributed by atoms with Gasteiger partial charge in [-0.3, -0.25) is 14.4 Å². The Bertz CT molecular complexity index is 1140. The number of ether oxygens (including phenoxy) is 1. The van der Waals surface area contributed by atoms with Crippen molar-refractivity contribution in [1.29, 1.82) is 0 Å². The largest absolute Gasteiger partial charge is 0.481 e. The van der Waals surface area contributed by atoms with Crippen LogP contribution >= 0.6 is 11.3 Å². The minimum atomic E-state index is -3.93. The Morgan fingerprint density at radius 3 is 2.39 bits per heavy atom. The highest BCUT2D eigenvalue weighted by Crippen LogP contribution is 2.28. The molecular weight excluding hydrogens is 436 g/mol. The second-order valence-corrected chi connectivity index (χ2v) is 9.96. The summed E-state index contributed by atoms with van der Waals surface area (Å²) in [6.45, 7) is 7.40. The molecule has 1 atom stereocenters. The van der Waals surface area contributed by atoms with Gasteiger partial charge >= 0.3 is 0 Å². The van der Waals surface area contributed by atoms with E-state index in [2.05, 4.69) is 15.5 Å². The fraction of sp³-hybridized carbons (Fsp3) is 0.286. The molecule has 0 aliphatic carbocycles. The van der Waals surface area contributed by atoms with Gasteiger partial charge in [-0.2, -0.15) is 8.42 Å². The highest BCUT2D eigenvalue weighted by atomic mass is 32.2. The number of carbonyl (C=O) groups is 1. The van der Waals surface area contributed by atoms with Crippen LogP contribution in [0.2, 0.25) is 0 Å². The molecule has 0 saturated carbocycles. The summed E-state index contributed by atoms with van der Waals surface area (Å²) >= 11 is 0.799. The molecule has 0 fully saturated rings. The van der Waals surface area contributed by atoms with E-state index >= 15 is 0 Å². The lowest BCUT2D eigenvalue weighted by Crippen LogP contribution is -2.31. The number of aryl methyl sites for hydroxylation is 2. The van der Waals surface area contributed by atoms with Crippen molar-refractivity contribution in [3.63, 3.8) is 0 Å². The Balaban J connectivity index is 1.76. The summed E-state index contributed by atoms with van der Waals surface area (Å²) in [6.07, 6.45) is -0.797. The first-order valence-electron chi connectivity index (χ1n) is 9.68. The third kappa shape index (κ3) is 5.39. The molecule has 31 heavy (non-hydrogen) atoms. The van der Waals surface area contributed by atoms with Crippen molar-refractivity contribution in [2.24, 2.45) is 0 Å². The summed E-state index contributed by atoms with van der Waals surface area (Å²) in [5.41, 5.74) is 2.48. The lowest BCUT2D eigenvalue weighted by atomic mass is 10.1. The van der Waals surface area contributed by atoms with Crippen LogP contribution in [0.4, 0.5) is 10.8 Å². The number of sulfonamides is 1. The van der Waals surface area contributed by atoms with Crippen molar-refractivity contribution in [2.45, 2.75) is 38.1 Å². The van der Waals surface area contributed by atoms with Crippen LogP contribution in [0.3, 0.4) is 0 Å². The fourth-order valence-electron chi connectivity index (χ4n) is 3.01. The number of benzene rings is 2. The first-order chi connectivity index (χ1) is 14.7. The molecule has 1 aromatic heterocycles. The van der Waals surface area contributed by atoms with E-state index in [0.717, 1.165) is 22.5 Å². The molecule has 10 heteroatoms. The van der Waals surface area contributed by atoms with E-state index in [0.29, 0.717) is 11.4 Å². The number of nitrogens with zero attached hydrogens (tertiary/aromatic N) is 3. The van der Waals surface area contributed by atoms with Crippen LogP contribution in [0.25, 0.3) is 0 Å². The number of aromatic nitrogens is 2. The van der Waals surface area contributed by atoms with Crippen LogP contribution < -0.4 is 14.4 Å². The second-order valence-electron chi connectivity index (χ2n) is 6.95. The van der Waals surface area contributed by atoms with Crippen LogP contribution in [0.5, 0.6) is 5.75 Å². The minimum Gasteiger partial charge on any atom is -0.481 e. The number of hydrogen-bond acceptors (Lipinski definition) is 7. The highest BCUT2D eigenvalue weighted by molar-refractivity contribution is 7.94. The molecule has 3 rings (SSSR count). The maximum Gasteiger partial charge on any atom is 0.293 e. The molecule has 0 saturated heterocycles. The average Bonchev–Trinajstić information content (AvgIpc) is 3.18. The van der Waals surface area contributed by atoms with Gasteiger partial charge in [-0.05, 0) is 63.1 Å². The van der Waals surface area contributed by atoms with Crippen LogP contribution in [-0.4, -0.2) is 37.2 Å². The van der Waals surface area contributed by atoms with Gasteiger partial charge in [0.05, 0.1) is 5.69 Å². The van der Waals surface area contributed by atoms with Crippen molar-refractivity contribution in [2.75, 3.05) is 16.2 Å². The monoisotopic (exact) mass is 460 g/mol. The lowest BCUT2D eigenvalue weighted by Gasteiger charge is -2.22. The standard InChI is InChI=1S/C21H24N4O4S2/c1-5-25(17-12-14(2)11-15(3)13-17)31(27,28)21-24-23-20(30-21)22-19(26)16(4)29-18-9-7-6-8-10-18/h6-13,16H,5H2,1-4H3,(H,22,23,26)/t16-/m0/s1. The number of nitrogens with one attached hydrogen (secondary N) is 1. The summed E-state index contributed by atoms with van der Waals surface area (Å²) in [5.74, 6) is 0.100. The molecule has 3 aromatic rings. The van der Waals surface area contributed by atoms with Crippen LogP contribution in [-0.2, 0) is 14.8 Å². The van der Waals surface area contributed by atoms with Gasteiger partial charge in [-0.15, -0.1) is 10.2 Å². The average molecular weight is 461 g/mol. The number of carbonyl (C=O) groups excluding carboxylic acids is 1. The molecule has 0 radical (unpaired) electrons. The molecular formula is C21H24N4O4S2. The zero-order valence-electron chi connectivity index (χ0n) is 17.7. The van der Waals surface area contributed by atoms with E-state index in [9.17, 15) is 13.2 Å². The van der Waals surface area contributed by atoms with E-state index in [1.54, 1.807) is 50.2 Å². The van der Waals surface area contributed by atoms with Crippen molar-refractivity contribution < 1.29 is 17.9 Å². The number of amides is 1. The zero-order chi connectivity index (χ0) is 22.6. The molecule has 0 aliphatic rings. The van der Waals surface area contributed by atoms with Gasteiger partial charge in [0.1, 0.15) is 5.75 Å². The summed E-state index contributed by atoms with van der Waals surface area (Å²) in [6, 6.07) is 14.5. The summed E-state index contributed by atoms with van der Waals surface area (Å²) in [7, 11) is -3.93. The number of rotatable bonds is 8. The molecule has 1 heterocycles. The van der Waals surface area contributed by atoms with Gasteiger partial charge < -0.3 is 4.74 Å². The van der Waals surface area contributed by atoms with Crippen LogP contribution in [0, 0.1) is 13.8 Å². The van der Waals surface area contributed by atoms with E-state index in [1.807, 2.05) is 26.0 Å². The Morgan fingerprint density at radius 1 is 1.13 bits per heavy atom. The molecule has 0 spiro atoms. The van der Waals surface area contributed by atoms with Crippen LogP contribution in [0.15, 0.2) is 52.9 Å². The molecule has 164 valence electrons. The lowest BCUT2D eigenvalue weighted by molar-refractivity contribution is -0.122. The predicted molar refractivity (Wildman–Crippen MR) is 121 cm³/mol. The molecule has 0 bridgehead atoms. The SMILES string of the molecule is CCN(c1cc(C)cc(C)c1)S(=O)(=O)c1nnc(NC(=O)[C@H](C)Oc2ccccc2)s1. The van der Waals surface area contributed by atoms with E-state index in [-0.39, 0.29) is 16.0 Å². The summed E-state index contributed by atoms with van der Waals surface area (Å²) in [5, 5.41) is 10.3. The van der Waals surface area contributed by atoms with Gasteiger partial charge in [-0.25, -0.2) is 0 Å². The van der Waals surface area contributed by atoms with Crippen LogP contribution in [0.1, 0.15) is 25.0 Å². The molecule has 2 aromatic carbocycles. The van der Waals surface area contributed by atoms with Crippen molar-refractivity contribution >= 4 is 38.1 Å². The van der Waals surface area contributed by atoms with Gasteiger partial charge in [0.15, 0.2) is 6.10 Å². The van der Waals surface area contributed by atoms with E-state index in [1.165, 1.54) is 4.31 Å². The molecule has 1 N–H and O–H groups in total. The van der Waals surface area contributed by atoms with Gasteiger partial charge in [0.2, 0.25) is 5.13 Å². The van der Waals surface area contributed by atoms with Crippen molar-refractivity contribution in [3.8, 4) is 5.75 Å². The molecule has 0 unspecified atom stereocenters. The smallest absolute Gasteiger partial charge is 0.293 e. The van der Waals surface area contributed by atoms with E-state index in [4.69, 9.17) is 4.74 Å². The summed E-state index contributed by atoms with van der Waals surface area (Å²) < 4.78 is 33.0. The normalized spacial score (nSPS) is 12.3. The van der Waals surface area contributed by atoms with Gasteiger partial charge in [-0.1, -0.05) is 35.6 Å². The number of para-hydroxylation sites is 1. The predicted octanol–water partition coefficient (Wildman–Crippen LogP) is 3.78. The molecule has 1 amide bonds. The Labute approximate surface area is 185 Å². The van der Waals surface area contributed by atoms with Gasteiger partial charge in [0, 0.05) is 6.54 Å². The Morgan fingerprint density at radius 2 is 1.77 bits per heavy atom. The Kier molecular flexibility index (Phi) is 6.91. The molecule has 0 aliphatic heterocycles. The maximum atomic E-state index is 13.2. The third-order valence-corrected chi connectivity index (χ3v) is 7.44. The summed E-state index contributed by atoms with van der Waals surface area (Å²) in [4.78, 5) is 12.4. The quantitative estimate of drug-likeness (QED) is 0.514. The first kappa shape index (κ1) is 22.7. The fourth-order valence-corrected chi connectivity index (χ4v) is 5.47. The Hall–Kier alpha value is -2.98. The second kappa shape index (κ2) is 9.44. The topological polar surface area (TPSA) is 101 Å². The minimum absolute atomic E-state index is 0.0866. The maximum absolute atomic E-state index is 13.2.